The molecule has 3 heterocycles. The van der Waals surface area contributed by atoms with E-state index in [1.807, 2.05) is 6.08 Å². The van der Waals surface area contributed by atoms with Gasteiger partial charge in [0.05, 0.1) is 17.6 Å². The Morgan fingerprint density at radius 3 is 2.73 bits per heavy atom. The molecule has 0 N–H and O–H groups in total. The van der Waals surface area contributed by atoms with Crippen LogP contribution in [0.2, 0.25) is 5.15 Å². The fourth-order valence-electron chi connectivity index (χ4n) is 2.64. The molecule has 7 heteroatoms. The fourth-order valence-corrected chi connectivity index (χ4v) is 2.81. The second kappa shape index (κ2) is 6.57. The first-order chi connectivity index (χ1) is 12.6. The zero-order valence-corrected chi connectivity index (χ0v) is 14.3. The number of hydrazone groups is 1. The third-order valence-corrected chi connectivity index (χ3v) is 4.08. The van der Waals surface area contributed by atoms with Gasteiger partial charge in [-0.3, -0.25) is 0 Å². The summed E-state index contributed by atoms with van der Waals surface area (Å²) < 4.78 is 15.7. The Balaban J connectivity index is 1.79. The van der Waals surface area contributed by atoms with E-state index in [0.717, 1.165) is 5.69 Å². The number of halogens is 2. The summed E-state index contributed by atoms with van der Waals surface area (Å²) in [6.07, 6.45) is 6.81. The molecule has 0 bridgehead atoms. The van der Waals surface area contributed by atoms with Crippen LogP contribution in [0.15, 0.2) is 84.4 Å². The first-order valence-electron chi connectivity index (χ1n) is 7.79. The van der Waals surface area contributed by atoms with Gasteiger partial charge in [-0.2, -0.15) is 10.2 Å². The van der Waals surface area contributed by atoms with Gasteiger partial charge in [-0.25, -0.2) is 19.1 Å². The normalized spacial score (nSPS) is 13.8. The molecular weight excluding hydrogens is 353 g/mol. The minimum Gasteiger partial charge on any atom is -0.244 e. The Labute approximate surface area is 154 Å². The summed E-state index contributed by atoms with van der Waals surface area (Å²) in [4.78, 5) is 3.97. The largest absolute Gasteiger partial charge is 0.244 e. The highest BCUT2D eigenvalue weighted by atomic mass is 35.5. The van der Waals surface area contributed by atoms with Crippen molar-refractivity contribution in [3.05, 3.63) is 96.0 Å². The average Bonchev–Trinajstić information content (AvgIpc) is 3.12. The van der Waals surface area contributed by atoms with Gasteiger partial charge in [0, 0.05) is 18.5 Å². The second-order valence-electron chi connectivity index (χ2n) is 5.55. The number of hydrogen-bond donors (Lipinski definition) is 0. The summed E-state index contributed by atoms with van der Waals surface area (Å²) >= 11 is 5.97. The first-order valence-corrected chi connectivity index (χ1v) is 8.17. The third-order valence-electron chi connectivity index (χ3n) is 3.87. The number of anilines is 1. The monoisotopic (exact) mass is 365 g/mol. The molecule has 5 nitrogen and oxygen atoms in total. The first kappa shape index (κ1) is 16.2. The number of benzene rings is 1. The number of aromatic nitrogens is 3. The minimum atomic E-state index is -0.368. The Hall–Kier alpha value is -3.25. The van der Waals surface area contributed by atoms with Crippen molar-refractivity contribution in [3.63, 3.8) is 0 Å². The predicted octanol–water partition coefficient (Wildman–Crippen LogP) is 4.35. The number of allylic oxidation sites excluding steroid dienone is 2. The Bertz CT molecular complexity index is 1050. The molecule has 0 radical (unpaired) electrons. The highest BCUT2D eigenvalue weighted by molar-refractivity contribution is 6.29. The lowest BCUT2D eigenvalue weighted by Gasteiger charge is -2.22. The summed E-state index contributed by atoms with van der Waals surface area (Å²) in [5, 5.41) is 10.9. The average molecular weight is 366 g/mol. The third kappa shape index (κ3) is 2.91. The van der Waals surface area contributed by atoms with Gasteiger partial charge in [-0.05, 0) is 35.9 Å². The summed E-state index contributed by atoms with van der Waals surface area (Å²) in [5.41, 5.74) is 3.01. The smallest absolute Gasteiger partial charge is 0.148 e. The molecule has 0 unspecified atom stereocenters. The van der Waals surface area contributed by atoms with Crippen molar-refractivity contribution in [2.45, 2.75) is 0 Å². The van der Waals surface area contributed by atoms with E-state index in [-0.39, 0.29) is 5.82 Å². The van der Waals surface area contributed by atoms with E-state index in [1.54, 1.807) is 60.0 Å². The van der Waals surface area contributed by atoms with Crippen LogP contribution in [-0.4, -0.2) is 20.5 Å². The van der Waals surface area contributed by atoms with E-state index >= 15 is 0 Å². The van der Waals surface area contributed by atoms with Gasteiger partial charge in [0.1, 0.15) is 22.4 Å². The maximum absolute atomic E-state index is 14.2. The highest BCUT2D eigenvalue weighted by Gasteiger charge is 2.20. The summed E-state index contributed by atoms with van der Waals surface area (Å²) in [6, 6.07) is 11.7. The van der Waals surface area contributed by atoms with Gasteiger partial charge >= 0.3 is 0 Å². The number of nitrogens with zero attached hydrogens (tertiary/aromatic N) is 5. The van der Waals surface area contributed by atoms with Crippen molar-refractivity contribution < 1.29 is 4.39 Å². The van der Waals surface area contributed by atoms with Gasteiger partial charge in [-0.15, -0.1) is 0 Å². The van der Waals surface area contributed by atoms with Crippen LogP contribution >= 0.6 is 11.6 Å². The molecular formula is C19H13ClFN5. The summed E-state index contributed by atoms with van der Waals surface area (Å²) in [5.74, 6) is -0.368. The molecule has 0 saturated carbocycles. The van der Waals surface area contributed by atoms with Crippen LogP contribution in [-0.2, 0) is 0 Å². The van der Waals surface area contributed by atoms with Gasteiger partial charge in [-0.1, -0.05) is 30.3 Å². The molecule has 1 aromatic carbocycles. The quantitative estimate of drug-likeness (QED) is 0.648. The minimum absolute atomic E-state index is 0.344. The van der Waals surface area contributed by atoms with Crippen molar-refractivity contribution in [3.8, 4) is 5.69 Å². The molecule has 4 rings (SSSR count). The van der Waals surface area contributed by atoms with Crippen LogP contribution in [0.1, 0.15) is 5.69 Å². The van der Waals surface area contributed by atoms with E-state index in [1.165, 1.54) is 10.7 Å². The van der Waals surface area contributed by atoms with Gasteiger partial charge < -0.3 is 0 Å². The lowest BCUT2D eigenvalue weighted by Crippen LogP contribution is -2.21. The fraction of sp³-hybridized carbons (Fsp3) is 0. The lowest BCUT2D eigenvalue weighted by molar-refractivity contribution is 0.610. The number of pyridine rings is 1. The van der Waals surface area contributed by atoms with Crippen LogP contribution in [0.3, 0.4) is 0 Å². The van der Waals surface area contributed by atoms with Crippen LogP contribution in [0.25, 0.3) is 5.69 Å². The second-order valence-corrected chi connectivity index (χ2v) is 5.94. The van der Waals surface area contributed by atoms with E-state index in [0.29, 0.717) is 27.8 Å². The van der Waals surface area contributed by atoms with Crippen LogP contribution in [0.4, 0.5) is 10.1 Å². The van der Waals surface area contributed by atoms with Crippen molar-refractivity contribution in [1.29, 1.82) is 0 Å². The van der Waals surface area contributed by atoms with E-state index in [9.17, 15) is 4.39 Å². The standard InChI is InChI=1S/C19H13ClFN5/c1-13-8-11-25(14-6-9-22-18(20)12-14)24-19(13)17-7-10-23-26(17)16-5-3-2-4-15(16)21/h2-12H,1H2. The van der Waals surface area contributed by atoms with Crippen LogP contribution in [0.5, 0.6) is 0 Å². The van der Waals surface area contributed by atoms with Crippen molar-refractivity contribution in [1.82, 2.24) is 14.8 Å². The molecule has 0 aliphatic carbocycles. The van der Waals surface area contributed by atoms with Gasteiger partial charge in [0.15, 0.2) is 0 Å². The molecule has 1 aliphatic rings. The highest BCUT2D eigenvalue weighted by Crippen LogP contribution is 2.25. The Morgan fingerprint density at radius 2 is 1.92 bits per heavy atom. The molecule has 0 amide bonds. The zero-order valence-electron chi connectivity index (χ0n) is 13.5. The molecule has 0 fully saturated rings. The SMILES string of the molecule is C=C1C=CN(c2ccnc(Cl)c2)N=C1c1ccnn1-c1ccccc1F. The van der Waals surface area contributed by atoms with Crippen molar-refractivity contribution >= 4 is 23.0 Å². The Kier molecular flexibility index (Phi) is 4.10. The van der Waals surface area contributed by atoms with Crippen molar-refractivity contribution in [2.75, 3.05) is 5.01 Å². The van der Waals surface area contributed by atoms with E-state index in [4.69, 9.17) is 11.6 Å². The summed E-state index contributed by atoms with van der Waals surface area (Å²) in [6.45, 7) is 4.04. The molecule has 0 spiro atoms. The van der Waals surface area contributed by atoms with E-state index < -0.39 is 0 Å². The van der Waals surface area contributed by atoms with Crippen LogP contribution in [0, 0.1) is 5.82 Å². The maximum Gasteiger partial charge on any atom is 0.148 e. The molecule has 2 aromatic heterocycles. The summed E-state index contributed by atoms with van der Waals surface area (Å²) in [7, 11) is 0. The molecule has 3 aromatic rings. The molecule has 128 valence electrons. The molecule has 1 aliphatic heterocycles. The number of rotatable bonds is 3. The zero-order chi connectivity index (χ0) is 18.1. The maximum atomic E-state index is 14.2. The lowest BCUT2D eigenvalue weighted by atomic mass is 10.1. The number of para-hydroxylation sites is 1. The van der Waals surface area contributed by atoms with Gasteiger partial charge in [0.25, 0.3) is 0 Å². The molecule has 0 atom stereocenters. The number of hydrogen-bond acceptors (Lipinski definition) is 4. The predicted molar refractivity (Wildman–Crippen MR) is 100 cm³/mol. The van der Waals surface area contributed by atoms with Crippen LogP contribution < -0.4 is 5.01 Å². The Morgan fingerprint density at radius 1 is 1.08 bits per heavy atom. The van der Waals surface area contributed by atoms with Gasteiger partial charge in [0.2, 0.25) is 0 Å². The molecule has 26 heavy (non-hydrogen) atoms. The van der Waals surface area contributed by atoms with E-state index in [2.05, 4.69) is 21.8 Å². The molecule has 0 saturated heterocycles. The topological polar surface area (TPSA) is 46.3 Å². The van der Waals surface area contributed by atoms with Crippen molar-refractivity contribution in [2.24, 2.45) is 5.10 Å².